The van der Waals surface area contributed by atoms with Gasteiger partial charge in [-0.05, 0) is 92.3 Å². The molecule has 36 heavy (non-hydrogen) atoms. The zero-order valence-corrected chi connectivity index (χ0v) is 22.5. The van der Waals surface area contributed by atoms with Crippen LogP contribution in [0.25, 0.3) is 0 Å². The van der Waals surface area contributed by atoms with Gasteiger partial charge in [-0.3, -0.25) is 5.43 Å². The van der Waals surface area contributed by atoms with Gasteiger partial charge in [0.05, 0.1) is 13.2 Å². The molecule has 4 aliphatic rings. The standard InChI is InChI=1S/C29H39N3O3S/c1-4-13-29(33)14-10-25-23-9-8-21(11-15-31-32-27(30)36)22(5-2)26(23)24(18-28(25,29)3)20-7-6-16-34-19-35-17-12-20/h6-7,11-12,15,23-25,33H,5,8-10,14,16-19H2,1-3H3,(H3,30,32,36)/b7-6-,20-12+,21-11-,31-15?/t23-,24+,25-,28-,29-/m0/s1. The molecule has 0 aromatic heterocycles. The smallest absolute Gasteiger partial charge is 0.184 e. The number of hydrogen-bond donors (Lipinski definition) is 3. The van der Waals surface area contributed by atoms with E-state index in [9.17, 15) is 5.11 Å². The van der Waals surface area contributed by atoms with Crippen LogP contribution in [-0.2, 0) is 9.47 Å². The Balaban J connectivity index is 1.83. The van der Waals surface area contributed by atoms with Gasteiger partial charge in [-0.25, -0.2) is 0 Å². The fraction of sp³-hybridized carbons (Fsp3) is 0.586. The van der Waals surface area contributed by atoms with Crippen molar-refractivity contribution in [3.05, 3.63) is 46.6 Å². The second kappa shape index (κ2) is 11.4. The molecular formula is C29H39N3O3S. The van der Waals surface area contributed by atoms with E-state index in [0.29, 0.717) is 31.8 Å². The van der Waals surface area contributed by atoms with Gasteiger partial charge in [0.25, 0.3) is 0 Å². The number of aliphatic hydroxyl groups is 1. The van der Waals surface area contributed by atoms with Crippen LogP contribution < -0.4 is 11.2 Å². The second-order valence-electron chi connectivity index (χ2n) is 10.4. The van der Waals surface area contributed by atoms with Gasteiger partial charge in [-0.1, -0.05) is 43.6 Å². The number of ether oxygens (including phenoxy) is 2. The summed E-state index contributed by atoms with van der Waals surface area (Å²) in [5.41, 5.74) is 12.4. The lowest BCUT2D eigenvalue weighted by Gasteiger charge is -2.53. The topological polar surface area (TPSA) is 89.1 Å². The highest BCUT2D eigenvalue weighted by Crippen LogP contribution is 2.65. The predicted octanol–water partition coefficient (Wildman–Crippen LogP) is 4.53. The molecule has 5 atom stereocenters. The molecule has 6 nitrogen and oxygen atoms in total. The lowest BCUT2D eigenvalue weighted by Crippen LogP contribution is -2.51. The normalized spacial score (nSPS) is 38.1. The zero-order chi connectivity index (χ0) is 25.8. The molecule has 0 unspecified atom stereocenters. The Kier molecular flexibility index (Phi) is 8.52. The number of rotatable bonds is 4. The van der Waals surface area contributed by atoms with Crippen LogP contribution in [0.5, 0.6) is 0 Å². The lowest BCUT2D eigenvalue weighted by molar-refractivity contribution is -0.0551. The van der Waals surface area contributed by atoms with Gasteiger partial charge in [0.1, 0.15) is 12.4 Å². The predicted molar refractivity (Wildman–Crippen MR) is 148 cm³/mol. The van der Waals surface area contributed by atoms with E-state index in [-0.39, 0.29) is 16.4 Å². The molecule has 2 fully saturated rings. The van der Waals surface area contributed by atoms with Crippen molar-refractivity contribution in [2.24, 2.45) is 34.0 Å². The Bertz CT molecular complexity index is 1080. The minimum absolute atomic E-state index is 0.156. The average Bonchev–Trinajstić information content (AvgIpc) is 3.19. The largest absolute Gasteiger partial charge is 0.377 e. The molecule has 7 heteroatoms. The van der Waals surface area contributed by atoms with Gasteiger partial charge in [-0.2, -0.15) is 5.10 Å². The zero-order valence-electron chi connectivity index (χ0n) is 21.7. The van der Waals surface area contributed by atoms with Crippen molar-refractivity contribution in [2.45, 2.75) is 64.9 Å². The third-order valence-electron chi connectivity index (χ3n) is 8.67. The van der Waals surface area contributed by atoms with Crippen LogP contribution in [0, 0.1) is 35.0 Å². The molecule has 0 radical (unpaired) electrons. The molecule has 0 bridgehead atoms. The van der Waals surface area contributed by atoms with Crippen LogP contribution in [0.1, 0.15) is 59.3 Å². The number of hydrazone groups is 1. The van der Waals surface area contributed by atoms with Gasteiger partial charge >= 0.3 is 0 Å². The Labute approximate surface area is 220 Å². The number of nitrogens with two attached hydrogens (primary N) is 1. The molecule has 4 N–H and O–H groups in total. The highest BCUT2D eigenvalue weighted by Gasteiger charge is 2.62. The van der Waals surface area contributed by atoms with E-state index in [4.69, 9.17) is 27.4 Å². The first-order chi connectivity index (χ1) is 17.3. The summed E-state index contributed by atoms with van der Waals surface area (Å²) < 4.78 is 11.2. The Hall–Kier alpha value is -2.24. The van der Waals surface area contributed by atoms with Crippen molar-refractivity contribution in [3.8, 4) is 11.8 Å². The number of hydrogen-bond acceptors (Lipinski definition) is 5. The van der Waals surface area contributed by atoms with Gasteiger partial charge < -0.3 is 20.3 Å². The summed E-state index contributed by atoms with van der Waals surface area (Å²) in [6.45, 7) is 7.68. The first-order valence-electron chi connectivity index (χ1n) is 13.0. The molecule has 2 saturated carbocycles. The Morgan fingerprint density at radius 3 is 2.92 bits per heavy atom. The summed E-state index contributed by atoms with van der Waals surface area (Å²) in [4.78, 5) is 0. The summed E-state index contributed by atoms with van der Waals surface area (Å²) >= 11 is 4.86. The van der Waals surface area contributed by atoms with E-state index in [1.807, 2.05) is 6.92 Å². The number of thiocarbonyl (C=S) groups is 1. The maximum Gasteiger partial charge on any atom is 0.184 e. The van der Waals surface area contributed by atoms with Crippen molar-refractivity contribution in [1.82, 2.24) is 5.43 Å². The van der Waals surface area contributed by atoms with E-state index >= 15 is 0 Å². The number of nitrogens with one attached hydrogen (secondary N) is 1. The fourth-order valence-electron chi connectivity index (χ4n) is 7.13. The van der Waals surface area contributed by atoms with Gasteiger partial charge in [0.2, 0.25) is 0 Å². The molecule has 0 spiro atoms. The van der Waals surface area contributed by atoms with Gasteiger partial charge in [-0.15, -0.1) is 5.92 Å². The summed E-state index contributed by atoms with van der Waals surface area (Å²) in [7, 11) is 0. The SMILES string of the molecule is CC#C[C@]1(O)CC[C@H]2[C@@H]3CC/C(=C/C=NNC(N)=S)C(CC)=C3[C@@H](C3=C/COCOC/C=C\3)C[C@@]21C. The molecule has 1 heterocycles. The van der Waals surface area contributed by atoms with Gasteiger partial charge in [0.15, 0.2) is 5.11 Å². The number of allylic oxidation sites excluding steroid dienone is 6. The molecule has 0 saturated heterocycles. The van der Waals surface area contributed by atoms with E-state index in [1.54, 1.807) is 6.21 Å². The highest BCUT2D eigenvalue weighted by molar-refractivity contribution is 7.80. The monoisotopic (exact) mass is 509 g/mol. The van der Waals surface area contributed by atoms with Crippen LogP contribution in [0.4, 0.5) is 0 Å². The van der Waals surface area contributed by atoms with Gasteiger partial charge in [0, 0.05) is 17.5 Å². The molecule has 0 aromatic carbocycles. The van der Waals surface area contributed by atoms with Crippen molar-refractivity contribution in [1.29, 1.82) is 0 Å². The molecule has 0 amide bonds. The summed E-state index contributed by atoms with van der Waals surface area (Å²) in [6, 6.07) is 0. The molecule has 0 aromatic rings. The van der Waals surface area contributed by atoms with Crippen molar-refractivity contribution >= 4 is 23.5 Å². The average molecular weight is 510 g/mol. The Morgan fingerprint density at radius 2 is 2.17 bits per heavy atom. The first-order valence-corrected chi connectivity index (χ1v) is 13.4. The first kappa shape index (κ1) is 26.8. The number of fused-ring (bicyclic) bond motifs is 3. The van der Waals surface area contributed by atoms with Crippen molar-refractivity contribution < 1.29 is 14.6 Å². The maximum absolute atomic E-state index is 11.8. The van der Waals surface area contributed by atoms with Crippen LogP contribution in [0.3, 0.4) is 0 Å². The third kappa shape index (κ3) is 5.10. The van der Waals surface area contributed by atoms with E-state index in [1.165, 1.54) is 22.3 Å². The summed E-state index contributed by atoms with van der Waals surface area (Å²) in [5.74, 6) is 7.29. The lowest BCUT2D eigenvalue weighted by atomic mass is 9.51. The van der Waals surface area contributed by atoms with Crippen LogP contribution >= 0.6 is 12.2 Å². The fourth-order valence-corrected chi connectivity index (χ4v) is 7.18. The quantitative estimate of drug-likeness (QED) is 0.223. The van der Waals surface area contributed by atoms with Crippen molar-refractivity contribution in [3.63, 3.8) is 0 Å². The maximum atomic E-state index is 11.8. The summed E-state index contributed by atoms with van der Waals surface area (Å²) in [6.07, 6.45) is 15.9. The Morgan fingerprint density at radius 1 is 1.36 bits per heavy atom. The molecule has 3 aliphatic carbocycles. The minimum atomic E-state index is -0.958. The summed E-state index contributed by atoms with van der Waals surface area (Å²) in [5, 5.41) is 16.1. The second-order valence-corrected chi connectivity index (χ2v) is 10.8. The van der Waals surface area contributed by atoms with E-state index in [2.05, 4.69) is 60.5 Å². The molecular weight excluding hydrogens is 470 g/mol. The number of nitrogens with zero attached hydrogens (tertiary/aromatic N) is 1. The minimum Gasteiger partial charge on any atom is -0.377 e. The van der Waals surface area contributed by atoms with E-state index < -0.39 is 5.60 Å². The molecule has 1 aliphatic heterocycles. The van der Waals surface area contributed by atoms with Crippen molar-refractivity contribution in [2.75, 3.05) is 20.0 Å². The van der Waals surface area contributed by atoms with Crippen LogP contribution in [0.2, 0.25) is 0 Å². The van der Waals surface area contributed by atoms with Crippen LogP contribution in [0.15, 0.2) is 51.7 Å². The molecule has 194 valence electrons. The van der Waals surface area contributed by atoms with Crippen LogP contribution in [-0.4, -0.2) is 42.0 Å². The molecule has 4 rings (SSSR count). The third-order valence-corrected chi connectivity index (χ3v) is 8.76. The van der Waals surface area contributed by atoms with E-state index in [0.717, 1.165) is 38.5 Å². The highest BCUT2D eigenvalue weighted by atomic mass is 32.1.